The van der Waals surface area contributed by atoms with Crippen LogP contribution in [0.5, 0.6) is 0 Å². The van der Waals surface area contributed by atoms with Gasteiger partial charge in [0.25, 0.3) is 0 Å². The Morgan fingerprint density at radius 2 is 2.05 bits per heavy atom. The van der Waals surface area contributed by atoms with Crippen molar-refractivity contribution in [2.45, 2.75) is 25.3 Å². The highest BCUT2D eigenvalue weighted by Gasteiger charge is 2.04. The summed E-state index contributed by atoms with van der Waals surface area (Å²) in [5, 5.41) is 6.67. The van der Waals surface area contributed by atoms with Crippen LogP contribution >= 0.6 is 11.3 Å². The molecule has 0 saturated carbocycles. The van der Waals surface area contributed by atoms with Crippen molar-refractivity contribution in [3.8, 4) is 0 Å². The number of nitrogens with one attached hydrogen (secondary N) is 1. The van der Waals surface area contributed by atoms with Gasteiger partial charge in [-0.2, -0.15) is 0 Å². The first-order chi connectivity index (χ1) is 9.36. The van der Waals surface area contributed by atoms with Gasteiger partial charge in [0.05, 0.1) is 5.01 Å². The molecule has 0 radical (unpaired) electrons. The van der Waals surface area contributed by atoms with E-state index in [2.05, 4.69) is 22.4 Å². The summed E-state index contributed by atoms with van der Waals surface area (Å²) < 4.78 is 0. The summed E-state index contributed by atoms with van der Waals surface area (Å²) in [7, 11) is 0. The molecule has 0 spiro atoms. The fourth-order valence-corrected chi connectivity index (χ4v) is 2.63. The molecule has 1 unspecified atom stereocenters. The van der Waals surface area contributed by atoms with Crippen LogP contribution in [0.2, 0.25) is 0 Å². The molecule has 3 nitrogen and oxygen atoms in total. The second-order valence-corrected chi connectivity index (χ2v) is 5.56. The minimum absolute atomic E-state index is 0.155. The first-order valence-corrected chi connectivity index (χ1v) is 7.64. The Morgan fingerprint density at radius 3 is 2.79 bits per heavy atom. The van der Waals surface area contributed by atoms with Crippen LogP contribution in [0.15, 0.2) is 41.9 Å². The van der Waals surface area contributed by atoms with E-state index in [4.69, 9.17) is 5.73 Å². The smallest absolute Gasteiger partial charge is 0.0937 e. The molecule has 2 aromatic rings. The summed E-state index contributed by atoms with van der Waals surface area (Å²) in [6, 6.07) is 10.5. The van der Waals surface area contributed by atoms with Gasteiger partial charge in [-0.25, -0.2) is 4.98 Å². The molecule has 1 atom stereocenters. The maximum Gasteiger partial charge on any atom is 0.0937 e. The lowest BCUT2D eigenvalue weighted by Crippen LogP contribution is -2.20. The van der Waals surface area contributed by atoms with Gasteiger partial charge in [-0.3, -0.25) is 0 Å². The average molecular weight is 275 g/mol. The van der Waals surface area contributed by atoms with Gasteiger partial charge in [-0.05, 0) is 24.9 Å². The number of hydrogen-bond donors (Lipinski definition) is 2. The van der Waals surface area contributed by atoms with Gasteiger partial charge in [0.2, 0.25) is 0 Å². The molecule has 0 bridgehead atoms. The highest BCUT2D eigenvalue weighted by molar-refractivity contribution is 7.09. The van der Waals surface area contributed by atoms with E-state index >= 15 is 0 Å². The lowest BCUT2D eigenvalue weighted by Gasteiger charge is -2.11. The first kappa shape index (κ1) is 14.2. The Morgan fingerprint density at radius 1 is 1.21 bits per heavy atom. The van der Waals surface area contributed by atoms with Gasteiger partial charge in [-0.15, -0.1) is 11.3 Å². The fourth-order valence-electron chi connectivity index (χ4n) is 2.01. The Balaban J connectivity index is 1.54. The molecule has 0 aliphatic carbocycles. The normalized spacial score (nSPS) is 12.5. The number of thiazole rings is 1. The van der Waals surface area contributed by atoms with Crippen molar-refractivity contribution in [1.29, 1.82) is 0 Å². The fraction of sp³-hybridized carbons (Fsp3) is 0.400. The van der Waals surface area contributed by atoms with E-state index in [9.17, 15) is 0 Å². The number of benzene rings is 1. The zero-order chi connectivity index (χ0) is 13.3. The number of nitrogens with zero attached hydrogens (tertiary/aromatic N) is 1. The third kappa shape index (κ3) is 5.11. The van der Waals surface area contributed by atoms with E-state index in [0.717, 1.165) is 32.4 Å². The highest BCUT2D eigenvalue weighted by atomic mass is 32.1. The maximum absolute atomic E-state index is 6.15. The predicted molar refractivity (Wildman–Crippen MR) is 81.3 cm³/mol. The second-order valence-electron chi connectivity index (χ2n) is 4.59. The van der Waals surface area contributed by atoms with E-state index in [1.807, 2.05) is 29.8 Å². The molecule has 1 aromatic heterocycles. The lowest BCUT2D eigenvalue weighted by molar-refractivity contribution is 0.567. The van der Waals surface area contributed by atoms with E-state index in [-0.39, 0.29) is 6.04 Å². The van der Waals surface area contributed by atoms with Crippen LogP contribution in [0.3, 0.4) is 0 Å². The van der Waals surface area contributed by atoms with Gasteiger partial charge in [0, 0.05) is 30.6 Å². The quantitative estimate of drug-likeness (QED) is 0.728. The molecule has 0 amide bonds. The topological polar surface area (TPSA) is 50.9 Å². The molecule has 0 saturated heterocycles. The SMILES string of the molecule is NC(CCCNCCc1nccs1)c1ccccc1. The van der Waals surface area contributed by atoms with Crippen LogP contribution in [-0.2, 0) is 6.42 Å². The van der Waals surface area contributed by atoms with Crippen LogP contribution in [0.1, 0.15) is 29.5 Å². The third-order valence-corrected chi connectivity index (χ3v) is 3.93. The molecule has 3 N–H and O–H groups in total. The standard InChI is InChI=1S/C15H21N3S/c16-14(13-5-2-1-3-6-13)7-4-9-17-10-8-15-18-11-12-19-15/h1-3,5-6,11-12,14,17H,4,7-10,16H2. The van der Waals surface area contributed by atoms with Crippen LogP contribution in [0.4, 0.5) is 0 Å². The molecular formula is C15H21N3S. The molecule has 1 heterocycles. The minimum atomic E-state index is 0.155. The van der Waals surface area contributed by atoms with Crippen molar-refractivity contribution in [1.82, 2.24) is 10.3 Å². The lowest BCUT2D eigenvalue weighted by atomic mass is 10.0. The number of hydrogen-bond acceptors (Lipinski definition) is 4. The van der Waals surface area contributed by atoms with Crippen molar-refractivity contribution >= 4 is 11.3 Å². The summed E-state index contributed by atoms with van der Waals surface area (Å²) in [5.74, 6) is 0. The molecule has 4 heteroatoms. The van der Waals surface area contributed by atoms with Gasteiger partial charge in [0.15, 0.2) is 0 Å². The predicted octanol–water partition coefficient (Wildman–Crippen LogP) is 2.76. The Labute approximate surface area is 118 Å². The van der Waals surface area contributed by atoms with Gasteiger partial charge < -0.3 is 11.1 Å². The van der Waals surface area contributed by atoms with Crippen molar-refractivity contribution in [3.63, 3.8) is 0 Å². The van der Waals surface area contributed by atoms with Crippen LogP contribution < -0.4 is 11.1 Å². The first-order valence-electron chi connectivity index (χ1n) is 6.76. The Bertz CT molecular complexity index is 442. The number of rotatable bonds is 8. The maximum atomic E-state index is 6.15. The van der Waals surface area contributed by atoms with E-state index in [1.165, 1.54) is 10.6 Å². The van der Waals surface area contributed by atoms with E-state index in [1.54, 1.807) is 11.3 Å². The summed E-state index contributed by atoms with van der Waals surface area (Å²) in [4.78, 5) is 4.26. The van der Waals surface area contributed by atoms with Crippen molar-refractivity contribution in [2.24, 2.45) is 5.73 Å². The molecule has 19 heavy (non-hydrogen) atoms. The average Bonchev–Trinajstić information content (AvgIpc) is 2.96. The Kier molecular flexibility index (Phi) is 6.01. The minimum Gasteiger partial charge on any atom is -0.324 e. The zero-order valence-corrected chi connectivity index (χ0v) is 11.9. The summed E-state index contributed by atoms with van der Waals surface area (Å²) in [6.45, 7) is 2.01. The Hall–Kier alpha value is -1.23. The second kappa shape index (κ2) is 8.04. The molecule has 0 aliphatic rings. The van der Waals surface area contributed by atoms with Crippen molar-refractivity contribution in [2.75, 3.05) is 13.1 Å². The van der Waals surface area contributed by atoms with Gasteiger partial charge >= 0.3 is 0 Å². The highest BCUT2D eigenvalue weighted by Crippen LogP contribution is 2.14. The van der Waals surface area contributed by atoms with E-state index < -0.39 is 0 Å². The van der Waals surface area contributed by atoms with Crippen molar-refractivity contribution < 1.29 is 0 Å². The largest absolute Gasteiger partial charge is 0.324 e. The van der Waals surface area contributed by atoms with Gasteiger partial charge in [0.1, 0.15) is 0 Å². The number of nitrogens with two attached hydrogens (primary N) is 1. The summed E-state index contributed by atoms with van der Waals surface area (Å²) >= 11 is 1.72. The van der Waals surface area contributed by atoms with Gasteiger partial charge in [-0.1, -0.05) is 30.3 Å². The van der Waals surface area contributed by atoms with E-state index in [0.29, 0.717) is 0 Å². The number of aromatic nitrogens is 1. The molecule has 0 fully saturated rings. The summed E-state index contributed by atoms with van der Waals surface area (Å²) in [5.41, 5.74) is 7.38. The van der Waals surface area contributed by atoms with Crippen LogP contribution in [-0.4, -0.2) is 18.1 Å². The van der Waals surface area contributed by atoms with Crippen LogP contribution in [0.25, 0.3) is 0 Å². The monoisotopic (exact) mass is 275 g/mol. The molecule has 1 aromatic carbocycles. The zero-order valence-electron chi connectivity index (χ0n) is 11.1. The summed E-state index contributed by atoms with van der Waals surface area (Å²) in [6.07, 6.45) is 5.00. The molecule has 102 valence electrons. The van der Waals surface area contributed by atoms with Crippen LogP contribution in [0, 0.1) is 0 Å². The molecule has 0 aliphatic heterocycles. The molecular weight excluding hydrogens is 254 g/mol. The molecule has 2 rings (SSSR count). The third-order valence-electron chi connectivity index (χ3n) is 3.10. The van der Waals surface area contributed by atoms with Crippen molar-refractivity contribution in [3.05, 3.63) is 52.5 Å².